The SMILES string of the molecule is O=C(Nc1c(Cl)ncnc1Cl)c1cc(F)c(F)c(F)c1. The maximum atomic E-state index is 13.0. The van der Waals surface area contributed by atoms with Gasteiger partial charge in [-0.3, -0.25) is 4.79 Å². The van der Waals surface area contributed by atoms with Gasteiger partial charge in [0, 0.05) is 5.56 Å². The van der Waals surface area contributed by atoms with Crippen molar-refractivity contribution in [1.29, 1.82) is 0 Å². The van der Waals surface area contributed by atoms with Gasteiger partial charge in [0.1, 0.15) is 12.0 Å². The number of amides is 1. The van der Waals surface area contributed by atoms with Crippen LogP contribution in [0, 0.1) is 17.5 Å². The number of hydrogen-bond donors (Lipinski definition) is 1. The summed E-state index contributed by atoms with van der Waals surface area (Å²) < 4.78 is 38.8. The Kier molecular flexibility index (Phi) is 4.10. The van der Waals surface area contributed by atoms with Crippen molar-refractivity contribution in [3.63, 3.8) is 0 Å². The van der Waals surface area contributed by atoms with Crippen molar-refractivity contribution in [2.24, 2.45) is 0 Å². The molecule has 1 amide bonds. The Labute approximate surface area is 120 Å². The van der Waals surface area contributed by atoms with Crippen molar-refractivity contribution in [3.8, 4) is 0 Å². The maximum absolute atomic E-state index is 13.0. The molecule has 0 fully saturated rings. The van der Waals surface area contributed by atoms with Crippen molar-refractivity contribution >= 4 is 34.8 Å². The van der Waals surface area contributed by atoms with Gasteiger partial charge in [-0.05, 0) is 12.1 Å². The number of halogens is 5. The molecule has 2 aromatic rings. The van der Waals surface area contributed by atoms with Crippen LogP contribution in [0.5, 0.6) is 0 Å². The fourth-order valence-corrected chi connectivity index (χ4v) is 1.73. The lowest BCUT2D eigenvalue weighted by Gasteiger charge is -2.08. The molecule has 0 unspecified atom stereocenters. The molecule has 1 aromatic heterocycles. The summed E-state index contributed by atoms with van der Waals surface area (Å²) in [5, 5.41) is 1.88. The zero-order valence-electron chi connectivity index (χ0n) is 9.42. The number of anilines is 1. The second-order valence-electron chi connectivity index (χ2n) is 3.54. The van der Waals surface area contributed by atoms with Crippen LogP contribution in [0.1, 0.15) is 10.4 Å². The predicted octanol–water partition coefficient (Wildman–Crippen LogP) is 3.45. The molecular weight excluding hydrogens is 318 g/mol. The van der Waals surface area contributed by atoms with Gasteiger partial charge < -0.3 is 5.32 Å². The molecule has 0 saturated carbocycles. The summed E-state index contributed by atoms with van der Waals surface area (Å²) in [6.07, 6.45) is 1.07. The van der Waals surface area contributed by atoms with Crippen LogP contribution in [0.4, 0.5) is 18.9 Å². The smallest absolute Gasteiger partial charge is 0.256 e. The Morgan fingerprint density at radius 1 is 1.05 bits per heavy atom. The molecule has 0 radical (unpaired) electrons. The molecule has 1 aromatic carbocycles. The molecule has 0 aliphatic carbocycles. The van der Waals surface area contributed by atoms with E-state index in [4.69, 9.17) is 23.2 Å². The van der Waals surface area contributed by atoms with Crippen LogP contribution in [0.15, 0.2) is 18.5 Å². The summed E-state index contributed by atoms with van der Waals surface area (Å²) in [7, 11) is 0. The number of aromatic nitrogens is 2. The molecule has 9 heteroatoms. The predicted molar refractivity (Wildman–Crippen MR) is 66.3 cm³/mol. The third-order valence-corrected chi connectivity index (χ3v) is 2.81. The largest absolute Gasteiger partial charge is 0.317 e. The molecule has 104 valence electrons. The number of nitrogens with one attached hydrogen (secondary N) is 1. The lowest BCUT2D eigenvalue weighted by Crippen LogP contribution is -2.14. The zero-order chi connectivity index (χ0) is 14.9. The van der Waals surface area contributed by atoms with E-state index in [1.165, 1.54) is 0 Å². The van der Waals surface area contributed by atoms with Crippen LogP contribution < -0.4 is 5.32 Å². The van der Waals surface area contributed by atoms with E-state index in [-0.39, 0.29) is 16.0 Å². The van der Waals surface area contributed by atoms with Crippen LogP contribution in [-0.2, 0) is 0 Å². The Morgan fingerprint density at radius 2 is 1.55 bits per heavy atom. The average Bonchev–Trinajstić information content (AvgIpc) is 2.39. The molecule has 0 bridgehead atoms. The first-order valence-electron chi connectivity index (χ1n) is 5.02. The third-order valence-electron chi connectivity index (χ3n) is 2.24. The van der Waals surface area contributed by atoms with E-state index >= 15 is 0 Å². The van der Waals surface area contributed by atoms with E-state index in [1.54, 1.807) is 0 Å². The highest BCUT2D eigenvalue weighted by molar-refractivity contribution is 6.38. The molecule has 0 spiro atoms. The summed E-state index contributed by atoms with van der Waals surface area (Å²) in [6.45, 7) is 0. The molecular formula is C11H4Cl2F3N3O. The number of benzene rings is 1. The van der Waals surface area contributed by atoms with Gasteiger partial charge in [-0.15, -0.1) is 0 Å². The highest BCUT2D eigenvalue weighted by atomic mass is 35.5. The summed E-state index contributed by atoms with van der Waals surface area (Å²) >= 11 is 11.4. The van der Waals surface area contributed by atoms with Gasteiger partial charge in [-0.2, -0.15) is 0 Å². The highest BCUT2D eigenvalue weighted by Crippen LogP contribution is 2.26. The van der Waals surface area contributed by atoms with Crippen LogP contribution in [0.25, 0.3) is 0 Å². The second-order valence-corrected chi connectivity index (χ2v) is 4.25. The monoisotopic (exact) mass is 321 g/mol. The number of carbonyl (C=O) groups excluding carboxylic acids is 1. The summed E-state index contributed by atoms with van der Waals surface area (Å²) in [4.78, 5) is 19.0. The van der Waals surface area contributed by atoms with Gasteiger partial charge >= 0.3 is 0 Å². The Bertz CT molecular complexity index is 653. The second kappa shape index (κ2) is 5.64. The summed E-state index contributed by atoms with van der Waals surface area (Å²) in [5.41, 5.74) is -0.566. The van der Waals surface area contributed by atoms with Gasteiger partial charge in [-0.1, -0.05) is 23.2 Å². The van der Waals surface area contributed by atoms with Crippen molar-refractivity contribution in [2.45, 2.75) is 0 Å². The summed E-state index contributed by atoms with van der Waals surface area (Å²) in [6, 6.07) is 1.08. The third kappa shape index (κ3) is 2.83. The van der Waals surface area contributed by atoms with Crippen molar-refractivity contribution in [1.82, 2.24) is 9.97 Å². The Hall–Kier alpha value is -1.86. The van der Waals surface area contributed by atoms with Crippen LogP contribution in [-0.4, -0.2) is 15.9 Å². The summed E-state index contributed by atoms with van der Waals surface area (Å²) in [5.74, 6) is -5.59. The molecule has 20 heavy (non-hydrogen) atoms. The van der Waals surface area contributed by atoms with E-state index in [2.05, 4.69) is 15.3 Å². The van der Waals surface area contributed by atoms with E-state index in [0.29, 0.717) is 12.1 Å². The first-order chi connectivity index (χ1) is 9.40. The minimum Gasteiger partial charge on any atom is -0.317 e. The van der Waals surface area contributed by atoms with Crippen LogP contribution >= 0.6 is 23.2 Å². The van der Waals surface area contributed by atoms with Crippen molar-refractivity contribution in [3.05, 3.63) is 51.8 Å². The fourth-order valence-electron chi connectivity index (χ4n) is 1.32. The molecule has 0 aliphatic heterocycles. The number of hydrogen-bond acceptors (Lipinski definition) is 3. The average molecular weight is 322 g/mol. The Morgan fingerprint density at radius 3 is 2.05 bits per heavy atom. The Balaban J connectivity index is 2.34. The van der Waals surface area contributed by atoms with E-state index < -0.39 is 28.9 Å². The number of carbonyl (C=O) groups is 1. The lowest BCUT2D eigenvalue weighted by atomic mass is 10.2. The normalized spacial score (nSPS) is 10.4. The minimum absolute atomic E-state index is 0.119. The van der Waals surface area contributed by atoms with Gasteiger partial charge in [-0.25, -0.2) is 23.1 Å². The zero-order valence-corrected chi connectivity index (χ0v) is 10.9. The van der Waals surface area contributed by atoms with E-state index in [0.717, 1.165) is 6.33 Å². The highest BCUT2D eigenvalue weighted by Gasteiger charge is 2.17. The quantitative estimate of drug-likeness (QED) is 0.680. The standard InChI is InChI=1S/C11H4Cl2F3N3O/c12-9-8(10(13)18-3-17-9)19-11(20)4-1-5(14)7(16)6(15)2-4/h1-3H,(H,19,20). The van der Waals surface area contributed by atoms with E-state index in [9.17, 15) is 18.0 Å². The van der Waals surface area contributed by atoms with Gasteiger partial charge in [0.05, 0.1) is 0 Å². The first-order valence-corrected chi connectivity index (χ1v) is 5.77. The van der Waals surface area contributed by atoms with Gasteiger partial charge in [0.15, 0.2) is 27.8 Å². The number of rotatable bonds is 2. The molecule has 1 heterocycles. The van der Waals surface area contributed by atoms with E-state index in [1.807, 2.05) is 0 Å². The lowest BCUT2D eigenvalue weighted by molar-refractivity contribution is 0.102. The minimum atomic E-state index is -1.67. The fraction of sp³-hybridized carbons (Fsp3) is 0. The van der Waals surface area contributed by atoms with Gasteiger partial charge in [0.2, 0.25) is 0 Å². The molecule has 4 nitrogen and oxygen atoms in total. The first kappa shape index (κ1) is 14.5. The molecule has 0 saturated heterocycles. The topological polar surface area (TPSA) is 54.9 Å². The van der Waals surface area contributed by atoms with Crippen LogP contribution in [0.3, 0.4) is 0 Å². The maximum Gasteiger partial charge on any atom is 0.256 e. The van der Waals surface area contributed by atoms with Crippen LogP contribution in [0.2, 0.25) is 10.3 Å². The molecule has 1 N–H and O–H groups in total. The van der Waals surface area contributed by atoms with Crippen molar-refractivity contribution < 1.29 is 18.0 Å². The molecule has 2 rings (SSSR count). The van der Waals surface area contributed by atoms with Gasteiger partial charge in [0.25, 0.3) is 5.91 Å². The van der Waals surface area contributed by atoms with Crippen molar-refractivity contribution in [2.75, 3.05) is 5.32 Å². The molecule has 0 atom stereocenters. The molecule has 0 aliphatic rings. The number of nitrogens with zero attached hydrogens (tertiary/aromatic N) is 2.